The molecule has 7 heteroatoms. The highest BCUT2D eigenvalue weighted by atomic mass is 32.2. The maximum atomic E-state index is 12.1. The van der Waals surface area contributed by atoms with Gasteiger partial charge in [-0.25, -0.2) is 13.1 Å². The zero-order valence-electron chi connectivity index (χ0n) is 12.0. The van der Waals surface area contributed by atoms with E-state index in [0.717, 1.165) is 5.56 Å². The van der Waals surface area contributed by atoms with Gasteiger partial charge in [0.15, 0.2) is 0 Å². The Kier molecular flexibility index (Phi) is 5.67. The van der Waals surface area contributed by atoms with Gasteiger partial charge in [-0.2, -0.15) is 0 Å². The number of benzene rings is 1. The first-order chi connectivity index (χ1) is 9.27. The van der Waals surface area contributed by atoms with Crippen LogP contribution >= 0.6 is 0 Å². The van der Waals surface area contributed by atoms with E-state index in [1.165, 1.54) is 17.0 Å². The van der Waals surface area contributed by atoms with Crippen molar-refractivity contribution < 1.29 is 13.2 Å². The molecule has 3 N–H and O–H groups in total. The van der Waals surface area contributed by atoms with Gasteiger partial charge in [0.25, 0.3) is 0 Å². The molecule has 1 amide bonds. The Morgan fingerprint density at radius 3 is 2.65 bits per heavy atom. The van der Waals surface area contributed by atoms with Crippen LogP contribution in [0, 0.1) is 0 Å². The second-order valence-electron chi connectivity index (χ2n) is 4.59. The van der Waals surface area contributed by atoms with Crippen molar-refractivity contribution in [1.82, 2.24) is 9.62 Å². The van der Waals surface area contributed by atoms with Crippen molar-refractivity contribution in [2.45, 2.75) is 24.8 Å². The molecule has 0 fully saturated rings. The number of sulfonamides is 1. The number of nitrogens with one attached hydrogen (secondary N) is 1. The summed E-state index contributed by atoms with van der Waals surface area (Å²) in [6.45, 7) is 3.87. The van der Waals surface area contributed by atoms with Crippen molar-refractivity contribution >= 4 is 15.9 Å². The number of likely N-dealkylation sites (N-methyl/N-ethyl adjacent to an activating group) is 1. The number of carbonyl (C=O) groups is 1. The lowest BCUT2D eigenvalue weighted by Crippen LogP contribution is -2.38. The van der Waals surface area contributed by atoms with Gasteiger partial charge in [0.1, 0.15) is 0 Å². The third-order valence-corrected chi connectivity index (χ3v) is 4.41. The molecule has 1 atom stereocenters. The Morgan fingerprint density at radius 2 is 2.10 bits per heavy atom. The van der Waals surface area contributed by atoms with Gasteiger partial charge in [-0.3, -0.25) is 4.79 Å². The van der Waals surface area contributed by atoms with E-state index in [0.29, 0.717) is 6.54 Å². The van der Waals surface area contributed by atoms with Gasteiger partial charge in [-0.1, -0.05) is 12.1 Å². The fourth-order valence-corrected chi connectivity index (χ4v) is 2.55. The van der Waals surface area contributed by atoms with Crippen molar-refractivity contribution in [2.24, 2.45) is 5.73 Å². The first-order valence-corrected chi connectivity index (χ1v) is 7.85. The standard InChI is InChI=1S/C13H21N3O3S/c1-4-16(3)13(17)9-15-20(18,19)12-7-5-6-11(8-12)10(2)14/h5-8,10,15H,4,9,14H2,1-3H3. The third kappa shape index (κ3) is 4.29. The van der Waals surface area contributed by atoms with E-state index < -0.39 is 10.0 Å². The summed E-state index contributed by atoms with van der Waals surface area (Å²) in [5, 5.41) is 0. The smallest absolute Gasteiger partial charge is 0.241 e. The normalized spacial score (nSPS) is 13.0. The molecule has 0 aromatic heterocycles. The van der Waals surface area contributed by atoms with Crippen LogP contribution in [0.4, 0.5) is 0 Å². The number of hydrogen-bond donors (Lipinski definition) is 2. The fourth-order valence-electron chi connectivity index (χ4n) is 1.52. The van der Waals surface area contributed by atoms with Gasteiger partial charge >= 0.3 is 0 Å². The molecule has 0 aliphatic carbocycles. The van der Waals surface area contributed by atoms with Crippen LogP contribution < -0.4 is 10.5 Å². The molecule has 0 spiro atoms. The molecule has 1 rings (SSSR count). The Hall–Kier alpha value is -1.44. The molecule has 1 aromatic rings. The molecule has 1 unspecified atom stereocenters. The monoisotopic (exact) mass is 299 g/mol. The third-order valence-electron chi connectivity index (χ3n) is 3.01. The highest BCUT2D eigenvalue weighted by Crippen LogP contribution is 2.15. The second-order valence-corrected chi connectivity index (χ2v) is 6.36. The van der Waals surface area contributed by atoms with E-state index in [4.69, 9.17) is 5.73 Å². The minimum absolute atomic E-state index is 0.110. The Labute approximate surface area is 120 Å². The maximum absolute atomic E-state index is 12.1. The summed E-state index contributed by atoms with van der Waals surface area (Å²) in [5.74, 6) is -0.278. The number of rotatable bonds is 6. The number of amides is 1. The second kappa shape index (κ2) is 6.83. The van der Waals surface area contributed by atoms with Crippen LogP contribution in [-0.2, 0) is 14.8 Å². The largest absolute Gasteiger partial charge is 0.345 e. The molecule has 20 heavy (non-hydrogen) atoms. The van der Waals surface area contributed by atoms with Gasteiger partial charge < -0.3 is 10.6 Å². The lowest BCUT2D eigenvalue weighted by molar-refractivity contribution is -0.128. The number of carbonyl (C=O) groups excluding carboxylic acids is 1. The predicted molar refractivity (Wildman–Crippen MR) is 77.5 cm³/mol. The highest BCUT2D eigenvalue weighted by Gasteiger charge is 2.17. The van der Waals surface area contributed by atoms with Crippen LogP contribution in [0.5, 0.6) is 0 Å². The van der Waals surface area contributed by atoms with Crippen LogP contribution in [0.3, 0.4) is 0 Å². The van der Waals surface area contributed by atoms with Crippen molar-refractivity contribution in [3.8, 4) is 0 Å². The van der Waals surface area contributed by atoms with Crippen molar-refractivity contribution in [2.75, 3.05) is 20.1 Å². The van der Waals surface area contributed by atoms with E-state index in [2.05, 4.69) is 4.72 Å². The maximum Gasteiger partial charge on any atom is 0.241 e. The molecule has 0 heterocycles. The average molecular weight is 299 g/mol. The average Bonchev–Trinajstić information content (AvgIpc) is 2.44. The minimum Gasteiger partial charge on any atom is -0.345 e. The van der Waals surface area contributed by atoms with E-state index in [9.17, 15) is 13.2 Å². The Balaban J connectivity index is 2.84. The summed E-state index contributed by atoms with van der Waals surface area (Å²) < 4.78 is 26.5. The molecule has 0 radical (unpaired) electrons. The topological polar surface area (TPSA) is 92.5 Å². The number of nitrogens with two attached hydrogens (primary N) is 1. The summed E-state index contributed by atoms with van der Waals surface area (Å²) in [6.07, 6.45) is 0. The highest BCUT2D eigenvalue weighted by molar-refractivity contribution is 7.89. The van der Waals surface area contributed by atoms with Gasteiger partial charge in [-0.05, 0) is 31.5 Å². The van der Waals surface area contributed by atoms with Crippen LogP contribution in [-0.4, -0.2) is 39.4 Å². The van der Waals surface area contributed by atoms with E-state index >= 15 is 0 Å². The predicted octanol–water partition coefficient (Wildman–Crippen LogP) is 0.463. The zero-order valence-corrected chi connectivity index (χ0v) is 12.8. The van der Waals surface area contributed by atoms with Crippen molar-refractivity contribution in [1.29, 1.82) is 0 Å². The summed E-state index contributed by atoms with van der Waals surface area (Å²) in [5.41, 5.74) is 6.46. The molecule has 6 nitrogen and oxygen atoms in total. The molecule has 0 aliphatic heterocycles. The van der Waals surface area contributed by atoms with Gasteiger partial charge in [0.05, 0.1) is 11.4 Å². The van der Waals surface area contributed by atoms with E-state index in [-0.39, 0.29) is 23.4 Å². The zero-order chi connectivity index (χ0) is 15.3. The molecule has 1 aromatic carbocycles. The van der Waals surface area contributed by atoms with E-state index in [1.807, 2.05) is 6.92 Å². The lowest BCUT2D eigenvalue weighted by Gasteiger charge is -2.15. The Bertz CT molecular complexity index is 570. The SMILES string of the molecule is CCN(C)C(=O)CNS(=O)(=O)c1cccc(C(C)N)c1. The van der Waals surface area contributed by atoms with E-state index in [1.54, 1.807) is 26.1 Å². The molecular formula is C13H21N3O3S. The quantitative estimate of drug-likeness (QED) is 0.798. The summed E-state index contributed by atoms with van der Waals surface area (Å²) in [7, 11) is -2.09. The molecule has 0 bridgehead atoms. The van der Waals surface area contributed by atoms with Crippen molar-refractivity contribution in [3.63, 3.8) is 0 Å². The molecule has 0 saturated heterocycles. The summed E-state index contributed by atoms with van der Waals surface area (Å²) >= 11 is 0. The number of hydrogen-bond acceptors (Lipinski definition) is 4. The lowest BCUT2D eigenvalue weighted by atomic mass is 10.1. The molecular weight excluding hydrogens is 278 g/mol. The number of nitrogens with zero attached hydrogens (tertiary/aromatic N) is 1. The minimum atomic E-state index is -3.71. The van der Waals surface area contributed by atoms with Crippen LogP contribution in [0.15, 0.2) is 29.2 Å². The van der Waals surface area contributed by atoms with Crippen molar-refractivity contribution in [3.05, 3.63) is 29.8 Å². The van der Waals surface area contributed by atoms with Crippen LogP contribution in [0.1, 0.15) is 25.5 Å². The van der Waals surface area contributed by atoms with Crippen LogP contribution in [0.25, 0.3) is 0 Å². The van der Waals surface area contributed by atoms with Gasteiger partial charge in [0.2, 0.25) is 15.9 Å². The summed E-state index contributed by atoms with van der Waals surface area (Å²) in [6, 6.07) is 6.13. The van der Waals surface area contributed by atoms with Gasteiger partial charge in [0, 0.05) is 19.6 Å². The summed E-state index contributed by atoms with van der Waals surface area (Å²) in [4.78, 5) is 13.2. The Morgan fingerprint density at radius 1 is 1.45 bits per heavy atom. The first kappa shape index (κ1) is 16.6. The van der Waals surface area contributed by atoms with Crippen LogP contribution in [0.2, 0.25) is 0 Å². The first-order valence-electron chi connectivity index (χ1n) is 6.37. The fraction of sp³-hybridized carbons (Fsp3) is 0.462. The molecule has 0 aliphatic rings. The molecule has 0 saturated carbocycles. The van der Waals surface area contributed by atoms with Gasteiger partial charge in [-0.15, -0.1) is 0 Å². The molecule has 112 valence electrons.